The molecule has 55 heavy (non-hydrogen) atoms. The SMILES string of the molecule is CC(C)(CCC(C#N)(c1ccccc1)c1ccccc1)N1CC(O)C1.CC(C)(CCC(C#N)(c1ccccc1)c1ccccc1)N1CC(OS(C)(=O)=O)C1.Cl. The number of halogens is 1. The highest BCUT2D eigenvalue weighted by atomic mass is 35.5. The molecule has 0 aromatic heterocycles. The van der Waals surface area contributed by atoms with Crippen molar-refractivity contribution in [1.29, 1.82) is 10.5 Å². The number of β-amino-alcohol motifs (C(OH)–C–C–N with tert-alkyl or cyclic N) is 1. The average molecular weight is 783 g/mol. The number of aliphatic hydroxyl groups is 1. The molecule has 0 spiro atoms. The Balaban J connectivity index is 0.000000243. The summed E-state index contributed by atoms with van der Waals surface area (Å²) in [7, 11) is -3.43. The molecule has 0 unspecified atom stereocenters. The maximum atomic E-state index is 11.3. The van der Waals surface area contributed by atoms with Gasteiger partial charge in [-0.3, -0.25) is 14.0 Å². The van der Waals surface area contributed by atoms with E-state index < -0.39 is 20.9 Å². The average Bonchev–Trinajstić information content (AvgIpc) is 3.14. The number of hydrogen-bond donors (Lipinski definition) is 1. The molecular weight excluding hydrogens is 728 g/mol. The van der Waals surface area contributed by atoms with E-state index in [2.05, 4.69) is 73.9 Å². The van der Waals surface area contributed by atoms with Crippen molar-refractivity contribution in [2.75, 3.05) is 32.4 Å². The first-order valence-electron chi connectivity index (χ1n) is 18.8. The highest BCUT2D eigenvalue weighted by molar-refractivity contribution is 7.86. The Hall–Kier alpha value is -4.06. The fourth-order valence-corrected chi connectivity index (χ4v) is 8.28. The zero-order chi connectivity index (χ0) is 39.0. The summed E-state index contributed by atoms with van der Waals surface area (Å²) in [5, 5.41) is 30.2. The predicted molar refractivity (Wildman–Crippen MR) is 221 cm³/mol. The molecule has 2 fully saturated rings. The van der Waals surface area contributed by atoms with Gasteiger partial charge in [-0.15, -0.1) is 12.4 Å². The van der Waals surface area contributed by atoms with Crippen molar-refractivity contribution in [1.82, 2.24) is 9.80 Å². The minimum atomic E-state index is -3.43. The van der Waals surface area contributed by atoms with Crippen molar-refractivity contribution < 1.29 is 17.7 Å². The maximum Gasteiger partial charge on any atom is 0.264 e. The summed E-state index contributed by atoms with van der Waals surface area (Å²) in [5.74, 6) is 0. The Morgan fingerprint density at radius 2 is 0.891 bits per heavy atom. The summed E-state index contributed by atoms with van der Waals surface area (Å²) in [5.41, 5.74) is 2.48. The van der Waals surface area contributed by atoms with Gasteiger partial charge in [0.1, 0.15) is 16.9 Å². The van der Waals surface area contributed by atoms with E-state index in [0.29, 0.717) is 19.5 Å². The number of nitriles is 2. The third kappa shape index (κ3) is 10.4. The fourth-order valence-electron chi connectivity index (χ4n) is 7.66. The van der Waals surface area contributed by atoms with E-state index in [0.717, 1.165) is 60.9 Å². The zero-order valence-corrected chi connectivity index (χ0v) is 34.3. The van der Waals surface area contributed by atoms with Gasteiger partial charge in [0.25, 0.3) is 10.1 Å². The summed E-state index contributed by atoms with van der Waals surface area (Å²) in [6, 6.07) is 45.3. The van der Waals surface area contributed by atoms with Gasteiger partial charge in [0, 0.05) is 37.3 Å². The predicted octanol–water partition coefficient (Wildman–Crippen LogP) is 7.87. The summed E-state index contributed by atoms with van der Waals surface area (Å²) in [4.78, 5) is 4.52. The molecular formula is C45H55ClN4O4S. The van der Waals surface area contributed by atoms with Crippen LogP contribution in [0.2, 0.25) is 0 Å². The molecule has 0 atom stereocenters. The van der Waals surface area contributed by atoms with E-state index in [1.807, 2.05) is 97.1 Å². The third-order valence-corrected chi connectivity index (χ3v) is 12.0. The van der Waals surface area contributed by atoms with Gasteiger partial charge in [-0.1, -0.05) is 121 Å². The highest BCUT2D eigenvalue weighted by Gasteiger charge is 2.43. The second-order valence-corrected chi connectivity index (χ2v) is 17.6. The van der Waals surface area contributed by atoms with Crippen LogP contribution in [0.4, 0.5) is 0 Å². The van der Waals surface area contributed by atoms with Gasteiger partial charge in [0.05, 0.1) is 24.5 Å². The topological polar surface area (TPSA) is 118 Å². The molecule has 2 heterocycles. The highest BCUT2D eigenvalue weighted by Crippen LogP contribution is 2.41. The van der Waals surface area contributed by atoms with Crippen LogP contribution in [0, 0.1) is 22.7 Å². The Bertz CT molecular complexity index is 1910. The molecule has 2 saturated heterocycles. The van der Waals surface area contributed by atoms with Crippen molar-refractivity contribution in [2.45, 2.75) is 87.5 Å². The Labute approximate surface area is 334 Å². The summed E-state index contributed by atoms with van der Waals surface area (Å²) >= 11 is 0. The van der Waals surface area contributed by atoms with Crippen molar-refractivity contribution >= 4 is 22.5 Å². The van der Waals surface area contributed by atoms with Crippen LogP contribution < -0.4 is 0 Å². The van der Waals surface area contributed by atoms with E-state index in [4.69, 9.17) is 4.18 Å². The summed E-state index contributed by atoms with van der Waals surface area (Å²) < 4.78 is 27.7. The Kier molecular flexibility index (Phi) is 14.5. The fraction of sp³-hybridized carbons (Fsp3) is 0.422. The molecule has 0 amide bonds. The van der Waals surface area contributed by atoms with Gasteiger partial charge in [-0.25, -0.2) is 0 Å². The van der Waals surface area contributed by atoms with Crippen LogP contribution in [-0.2, 0) is 25.1 Å². The molecule has 1 N–H and O–H groups in total. The molecule has 4 aromatic rings. The monoisotopic (exact) mass is 782 g/mol. The third-order valence-electron chi connectivity index (χ3n) is 11.4. The molecule has 0 saturated carbocycles. The van der Waals surface area contributed by atoms with Gasteiger partial charge < -0.3 is 5.11 Å². The van der Waals surface area contributed by atoms with E-state index in [1.165, 1.54) is 0 Å². The lowest BCUT2D eigenvalue weighted by atomic mass is 9.70. The van der Waals surface area contributed by atoms with E-state index in [1.54, 1.807) is 0 Å². The lowest BCUT2D eigenvalue weighted by Gasteiger charge is -2.49. The molecule has 2 aliphatic rings. The molecule has 0 radical (unpaired) electrons. The zero-order valence-electron chi connectivity index (χ0n) is 32.6. The molecule has 2 aliphatic heterocycles. The van der Waals surface area contributed by atoms with Crippen molar-refractivity contribution in [2.24, 2.45) is 0 Å². The normalized spacial score (nSPS) is 15.9. The minimum Gasteiger partial charge on any atom is -0.390 e. The van der Waals surface area contributed by atoms with E-state index in [9.17, 15) is 24.0 Å². The lowest BCUT2D eigenvalue weighted by molar-refractivity contribution is -0.0590. The van der Waals surface area contributed by atoms with Gasteiger partial charge in [0.15, 0.2) is 0 Å². The van der Waals surface area contributed by atoms with Crippen LogP contribution >= 0.6 is 12.4 Å². The second kappa shape index (κ2) is 18.3. The number of rotatable bonds is 14. The van der Waals surface area contributed by atoms with Crippen LogP contribution in [0.5, 0.6) is 0 Å². The standard InChI is InChI=1S/C23H28N2O3S.C22H26N2O.ClH/c1-22(2,25-16-21(17-25)28-29(3,26)27)14-15-23(18-24,19-10-6-4-7-11-19)20-12-8-5-9-13-20;1-21(2,24-15-20(25)16-24)13-14-22(17-23,18-9-5-3-6-10-18)19-11-7-4-8-12-19;/h4-13,21H,14-17H2,1-3H3;3-12,20,25H,13-16H2,1-2H3;1H. The number of benzene rings is 4. The maximum absolute atomic E-state index is 11.3. The van der Waals surface area contributed by atoms with Crippen molar-refractivity contribution in [3.8, 4) is 12.1 Å². The second-order valence-electron chi connectivity index (χ2n) is 16.0. The van der Waals surface area contributed by atoms with Gasteiger partial charge in [-0.05, 0) is 75.6 Å². The molecule has 0 bridgehead atoms. The van der Waals surface area contributed by atoms with Crippen LogP contribution in [0.15, 0.2) is 121 Å². The molecule has 4 aromatic carbocycles. The van der Waals surface area contributed by atoms with E-state index in [-0.39, 0.29) is 35.7 Å². The molecule has 292 valence electrons. The Morgan fingerprint density at radius 1 is 0.600 bits per heavy atom. The molecule has 10 heteroatoms. The number of aliphatic hydroxyl groups excluding tert-OH is 1. The summed E-state index contributed by atoms with van der Waals surface area (Å²) in [6.45, 7) is 11.3. The first-order valence-corrected chi connectivity index (χ1v) is 20.6. The quantitative estimate of drug-likeness (QED) is 0.129. The number of nitrogens with zero attached hydrogens (tertiary/aromatic N) is 4. The smallest absolute Gasteiger partial charge is 0.264 e. The van der Waals surface area contributed by atoms with Crippen LogP contribution in [-0.4, -0.2) is 79.0 Å². The van der Waals surface area contributed by atoms with Crippen molar-refractivity contribution in [3.63, 3.8) is 0 Å². The van der Waals surface area contributed by atoms with Gasteiger partial charge in [0.2, 0.25) is 0 Å². The van der Waals surface area contributed by atoms with Crippen LogP contribution in [0.1, 0.15) is 75.6 Å². The first-order chi connectivity index (χ1) is 25.6. The molecule has 8 nitrogen and oxygen atoms in total. The molecule has 0 aliphatic carbocycles. The van der Waals surface area contributed by atoms with Crippen molar-refractivity contribution in [3.05, 3.63) is 144 Å². The van der Waals surface area contributed by atoms with Crippen LogP contribution in [0.25, 0.3) is 0 Å². The van der Waals surface area contributed by atoms with Gasteiger partial charge >= 0.3 is 0 Å². The number of likely N-dealkylation sites (tertiary alicyclic amines) is 2. The Morgan fingerprint density at radius 3 is 1.15 bits per heavy atom. The minimum absolute atomic E-state index is 0. The first kappa shape index (κ1) is 43.7. The van der Waals surface area contributed by atoms with Gasteiger partial charge in [-0.2, -0.15) is 18.9 Å². The van der Waals surface area contributed by atoms with Crippen LogP contribution in [0.3, 0.4) is 0 Å². The van der Waals surface area contributed by atoms with E-state index >= 15 is 0 Å². The lowest BCUT2D eigenvalue weighted by Crippen LogP contribution is -2.61. The largest absolute Gasteiger partial charge is 0.390 e. The number of hydrogen-bond acceptors (Lipinski definition) is 8. The summed E-state index contributed by atoms with van der Waals surface area (Å²) in [6.07, 6.45) is 3.68. The molecule has 6 rings (SSSR count).